The molecule has 0 aliphatic heterocycles. The summed E-state index contributed by atoms with van der Waals surface area (Å²) in [5, 5.41) is 1.10. The van der Waals surface area contributed by atoms with Crippen molar-refractivity contribution < 1.29 is 0 Å². The van der Waals surface area contributed by atoms with Gasteiger partial charge in [0.05, 0.1) is 0 Å². The summed E-state index contributed by atoms with van der Waals surface area (Å²) in [7, 11) is 0. The van der Waals surface area contributed by atoms with Gasteiger partial charge in [-0.3, -0.25) is 0 Å². The number of halogens is 1. The number of alkyl halides is 1. The van der Waals surface area contributed by atoms with Crippen LogP contribution in [0.25, 0.3) is 0 Å². The highest BCUT2D eigenvalue weighted by atomic mass is 79.9. The van der Waals surface area contributed by atoms with Gasteiger partial charge in [0.2, 0.25) is 0 Å². The second kappa shape index (κ2) is 3.27. The van der Waals surface area contributed by atoms with E-state index in [0.717, 1.165) is 11.4 Å². The topological polar surface area (TPSA) is 25.8 Å². The van der Waals surface area contributed by atoms with Crippen LogP contribution in [0.5, 0.6) is 0 Å². The van der Waals surface area contributed by atoms with Gasteiger partial charge in [0.25, 0.3) is 0 Å². The lowest BCUT2D eigenvalue weighted by atomic mass is 10.4. The molecule has 0 N–H and O–H groups in total. The van der Waals surface area contributed by atoms with Crippen molar-refractivity contribution >= 4 is 27.5 Å². The number of aromatic nitrogens is 2. The molecule has 0 fully saturated rings. The van der Waals surface area contributed by atoms with Crippen molar-refractivity contribution in [3.63, 3.8) is 0 Å². The van der Waals surface area contributed by atoms with E-state index in [0.29, 0.717) is 4.83 Å². The third-order valence-electron chi connectivity index (χ3n) is 0.863. The maximum absolute atomic E-state index is 4.03. The Morgan fingerprint density at radius 2 is 2.67 bits per heavy atom. The molecule has 4 heteroatoms. The molecule has 0 amide bonds. The summed E-state index contributed by atoms with van der Waals surface area (Å²) in [5.41, 5.74) is 0. The minimum atomic E-state index is 0.505. The van der Waals surface area contributed by atoms with Crippen LogP contribution in [0.15, 0.2) is 6.33 Å². The molecule has 1 aromatic rings. The van der Waals surface area contributed by atoms with Gasteiger partial charge in [-0.15, -0.1) is 0 Å². The maximum Gasteiger partial charge on any atom is 0.129 e. The summed E-state index contributed by atoms with van der Waals surface area (Å²) in [5.74, 6) is 0. The number of hydrogen-bond acceptors (Lipinski definition) is 3. The van der Waals surface area contributed by atoms with Gasteiger partial charge in [0, 0.05) is 11.2 Å². The lowest BCUT2D eigenvalue weighted by molar-refractivity contribution is 0.943. The van der Waals surface area contributed by atoms with E-state index in [2.05, 4.69) is 32.2 Å². The minimum absolute atomic E-state index is 0.505. The van der Waals surface area contributed by atoms with Crippen LogP contribution in [0, 0.1) is 0 Å². The molecule has 0 aliphatic rings. The molecule has 0 saturated heterocycles. The highest BCUT2D eigenvalue weighted by Gasteiger charge is 2.00. The predicted molar refractivity (Wildman–Crippen MR) is 42.0 cm³/mol. The molecule has 50 valence electrons. The summed E-state index contributed by atoms with van der Waals surface area (Å²) in [6.07, 6.45) is 2.57. The zero-order valence-corrected chi connectivity index (χ0v) is 7.44. The molecule has 1 heterocycles. The Balaban J connectivity index is 2.48. The van der Waals surface area contributed by atoms with Crippen molar-refractivity contribution in [1.82, 2.24) is 9.36 Å². The highest BCUT2D eigenvalue weighted by Crippen LogP contribution is 2.08. The smallest absolute Gasteiger partial charge is 0.129 e. The van der Waals surface area contributed by atoms with Crippen molar-refractivity contribution in [2.45, 2.75) is 18.2 Å². The fraction of sp³-hybridized carbons (Fsp3) is 0.600. The van der Waals surface area contributed by atoms with Crippen molar-refractivity contribution in [3.05, 3.63) is 11.3 Å². The number of hydrogen-bond donors (Lipinski definition) is 0. The standard InChI is InChI=1S/C5H7BrN2S/c1-4(6)2-5-7-3-8-9-5/h3-4H,2H2,1H3. The van der Waals surface area contributed by atoms with Gasteiger partial charge in [-0.1, -0.05) is 22.9 Å². The van der Waals surface area contributed by atoms with E-state index in [-0.39, 0.29) is 0 Å². The first kappa shape index (κ1) is 7.15. The summed E-state index contributed by atoms with van der Waals surface area (Å²) in [4.78, 5) is 4.54. The van der Waals surface area contributed by atoms with Gasteiger partial charge >= 0.3 is 0 Å². The van der Waals surface area contributed by atoms with Crippen LogP contribution in [0.3, 0.4) is 0 Å². The Morgan fingerprint density at radius 1 is 1.89 bits per heavy atom. The van der Waals surface area contributed by atoms with Crippen molar-refractivity contribution in [2.24, 2.45) is 0 Å². The van der Waals surface area contributed by atoms with Crippen molar-refractivity contribution in [1.29, 1.82) is 0 Å². The average Bonchev–Trinajstić information content (AvgIpc) is 2.15. The lowest BCUT2D eigenvalue weighted by Gasteiger charge is -1.94. The summed E-state index contributed by atoms with van der Waals surface area (Å²) >= 11 is 4.89. The molecule has 1 rings (SSSR count). The molecular formula is C5H7BrN2S. The van der Waals surface area contributed by atoms with Crippen LogP contribution in [-0.4, -0.2) is 14.2 Å². The Bertz CT molecular complexity index is 161. The third kappa shape index (κ3) is 2.41. The third-order valence-corrected chi connectivity index (χ3v) is 1.87. The molecule has 1 aromatic heterocycles. The predicted octanol–water partition coefficient (Wildman–Crippen LogP) is 1.86. The van der Waals surface area contributed by atoms with E-state index in [1.54, 1.807) is 6.33 Å². The zero-order valence-electron chi connectivity index (χ0n) is 5.04. The van der Waals surface area contributed by atoms with Crippen molar-refractivity contribution in [2.75, 3.05) is 0 Å². The largest absolute Gasteiger partial charge is 0.228 e. The Kier molecular flexibility index (Phi) is 2.60. The van der Waals surface area contributed by atoms with Crippen LogP contribution in [-0.2, 0) is 6.42 Å². The zero-order chi connectivity index (χ0) is 6.69. The van der Waals surface area contributed by atoms with E-state index in [1.165, 1.54) is 11.5 Å². The van der Waals surface area contributed by atoms with Crippen LogP contribution < -0.4 is 0 Å². The summed E-state index contributed by atoms with van der Waals surface area (Å²) in [6, 6.07) is 0. The van der Waals surface area contributed by atoms with Crippen LogP contribution in [0.2, 0.25) is 0 Å². The first-order valence-corrected chi connectivity index (χ1v) is 4.37. The second-order valence-corrected chi connectivity index (χ2v) is 4.25. The van der Waals surface area contributed by atoms with E-state index in [9.17, 15) is 0 Å². The van der Waals surface area contributed by atoms with Gasteiger partial charge < -0.3 is 0 Å². The fourth-order valence-electron chi connectivity index (χ4n) is 0.527. The molecule has 9 heavy (non-hydrogen) atoms. The molecule has 0 bridgehead atoms. The number of rotatable bonds is 2. The number of nitrogens with zero attached hydrogens (tertiary/aromatic N) is 2. The molecule has 2 nitrogen and oxygen atoms in total. The molecule has 1 unspecified atom stereocenters. The summed E-state index contributed by atoms with van der Waals surface area (Å²) in [6.45, 7) is 2.10. The maximum atomic E-state index is 4.03. The van der Waals surface area contributed by atoms with Gasteiger partial charge in [-0.25, -0.2) is 4.98 Å². The molecular weight excluding hydrogens is 200 g/mol. The SMILES string of the molecule is CC(Br)Cc1ncns1. The monoisotopic (exact) mass is 206 g/mol. The molecule has 0 aromatic carbocycles. The highest BCUT2D eigenvalue weighted by molar-refractivity contribution is 9.09. The van der Waals surface area contributed by atoms with E-state index < -0.39 is 0 Å². The van der Waals surface area contributed by atoms with Gasteiger partial charge in [-0.05, 0) is 11.5 Å². The van der Waals surface area contributed by atoms with Crippen molar-refractivity contribution in [3.8, 4) is 0 Å². The van der Waals surface area contributed by atoms with Gasteiger partial charge in [0.1, 0.15) is 11.3 Å². The molecule has 1 atom stereocenters. The molecule has 0 spiro atoms. The summed E-state index contributed by atoms with van der Waals surface area (Å²) < 4.78 is 3.88. The molecule has 0 aliphatic carbocycles. The van der Waals surface area contributed by atoms with E-state index in [1.807, 2.05) is 0 Å². The first-order chi connectivity index (χ1) is 4.29. The van der Waals surface area contributed by atoms with E-state index >= 15 is 0 Å². The van der Waals surface area contributed by atoms with Crippen LogP contribution in [0.4, 0.5) is 0 Å². The molecule has 0 radical (unpaired) electrons. The molecule has 0 saturated carbocycles. The van der Waals surface area contributed by atoms with Gasteiger partial charge in [-0.2, -0.15) is 4.37 Å². The van der Waals surface area contributed by atoms with Gasteiger partial charge in [0.15, 0.2) is 0 Å². The quantitative estimate of drug-likeness (QED) is 0.691. The minimum Gasteiger partial charge on any atom is -0.228 e. The lowest BCUT2D eigenvalue weighted by Crippen LogP contribution is -1.94. The van der Waals surface area contributed by atoms with Crippen LogP contribution >= 0.6 is 27.5 Å². The van der Waals surface area contributed by atoms with E-state index in [4.69, 9.17) is 0 Å². The second-order valence-electron chi connectivity index (χ2n) is 1.82. The Morgan fingerprint density at radius 3 is 3.11 bits per heavy atom. The average molecular weight is 207 g/mol. The Labute approximate surface area is 66.6 Å². The fourth-order valence-corrected chi connectivity index (χ4v) is 1.68. The first-order valence-electron chi connectivity index (χ1n) is 2.68. The van der Waals surface area contributed by atoms with Crippen LogP contribution in [0.1, 0.15) is 11.9 Å². The Hall–Kier alpha value is 0.0400. The normalized spacial score (nSPS) is 13.6.